The van der Waals surface area contributed by atoms with Crippen molar-refractivity contribution in [2.24, 2.45) is 0 Å². The van der Waals surface area contributed by atoms with Gasteiger partial charge in [0.15, 0.2) is 0 Å². The average Bonchev–Trinajstić information content (AvgIpc) is 2.42. The molecular weight excluding hydrogens is 272 g/mol. The zero-order valence-corrected chi connectivity index (χ0v) is 14.3. The summed E-state index contributed by atoms with van der Waals surface area (Å²) in [7, 11) is -3.27. The lowest BCUT2D eigenvalue weighted by Crippen LogP contribution is -2.11. The van der Waals surface area contributed by atoms with Crippen LogP contribution in [0.3, 0.4) is 0 Å². The summed E-state index contributed by atoms with van der Waals surface area (Å²) in [6, 6.07) is 0. The standard InChI is InChI=1S/C16H34O3S/c1-3-5-7-8-9-10-11-12-14-16-20(17,18)19-15-13-6-4-2/h3-16H2,1-2H3. The lowest BCUT2D eigenvalue weighted by molar-refractivity contribution is 0.307. The molecule has 0 heterocycles. The second-order valence-corrected chi connectivity index (χ2v) is 7.38. The van der Waals surface area contributed by atoms with E-state index in [4.69, 9.17) is 4.18 Å². The van der Waals surface area contributed by atoms with Crippen LogP contribution >= 0.6 is 0 Å². The van der Waals surface area contributed by atoms with Gasteiger partial charge in [0.2, 0.25) is 0 Å². The van der Waals surface area contributed by atoms with Gasteiger partial charge in [-0.2, -0.15) is 8.42 Å². The maximum absolute atomic E-state index is 11.6. The van der Waals surface area contributed by atoms with Crippen LogP contribution in [0.5, 0.6) is 0 Å². The zero-order chi connectivity index (χ0) is 15.1. The van der Waals surface area contributed by atoms with Gasteiger partial charge in [0.05, 0.1) is 12.4 Å². The summed E-state index contributed by atoms with van der Waals surface area (Å²) in [5, 5.41) is 0. The zero-order valence-electron chi connectivity index (χ0n) is 13.5. The normalized spacial score (nSPS) is 11.9. The first-order chi connectivity index (χ1) is 9.62. The van der Waals surface area contributed by atoms with E-state index in [-0.39, 0.29) is 5.75 Å². The van der Waals surface area contributed by atoms with Crippen molar-refractivity contribution in [1.29, 1.82) is 0 Å². The van der Waals surface area contributed by atoms with Gasteiger partial charge in [0.25, 0.3) is 10.1 Å². The molecule has 0 N–H and O–H groups in total. The van der Waals surface area contributed by atoms with Crippen LogP contribution in [-0.4, -0.2) is 20.8 Å². The van der Waals surface area contributed by atoms with Crippen LogP contribution in [0.4, 0.5) is 0 Å². The number of rotatable bonds is 15. The van der Waals surface area contributed by atoms with Crippen LogP contribution in [0.25, 0.3) is 0 Å². The monoisotopic (exact) mass is 306 g/mol. The molecule has 4 heteroatoms. The maximum Gasteiger partial charge on any atom is 0.267 e. The molecule has 0 aliphatic rings. The molecule has 0 saturated carbocycles. The molecule has 0 radical (unpaired) electrons. The topological polar surface area (TPSA) is 43.4 Å². The Morgan fingerprint density at radius 3 is 1.65 bits per heavy atom. The quantitative estimate of drug-likeness (QED) is 0.314. The summed E-state index contributed by atoms with van der Waals surface area (Å²) in [4.78, 5) is 0. The Morgan fingerprint density at radius 1 is 0.650 bits per heavy atom. The van der Waals surface area contributed by atoms with E-state index in [9.17, 15) is 8.42 Å². The van der Waals surface area contributed by atoms with Gasteiger partial charge in [-0.3, -0.25) is 4.18 Å². The van der Waals surface area contributed by atoms with E-state index in [0.717, 1.165) is 38.5 Å². The van der Waals surface area contributed by atoms with Gasteiger partial charge < -0.3 is 0 Å². The summed E-state index contributed by atoms with van der Waals surface area (Å²) < 4.78 is 28.1. The molecule has 0 fully saturated rings. The molecule has 0 saturated heterocycles. The second kappa shape index (κ2) is 13.9. The van der Waals surface area contributed by atoms with E-state index >= 15 is 0 Å². The summed E-state index contributed by atoms with van der Waals surface area (Å²) in [6.45, 7) is 4.68. The molecule has 0 rings (SSSR count). The number of unbranched alkanes of at least 4 members (excludes halogenated alkanes) is 10. The van der Waals surface area contributed by atoms with Gasteiger partial charge in [0.1, 0.15) is 0 Å². The first-order valence-corrected chi connectivity index (χ1v) is 10.1. The fourth-order valence-corrected chi connectivity index (χ4v) is 3.23. The Morgan fingerprint density at radius 2 is 1.10 bits per heavy atom. The van der Waals surface area contributed by atoms with E-state index < -0.39 is 10.1 Å². The van der Waals surface area contributed by atoms with Crippen LogP contribution in [0.2, 0.25) is 0 Å². The van der Waals surface area contributed by atoms with Gasteiger partial charge in [-0.1, -0.05) is 78.1 Å². The van der Waals surface area contributed by atoms with Crippen LogP contribution in [0, 0.1) is 0 Å². The first kappa shape index (κ1) is 19.9. The van der Waals surface area contributed by atoms with Crippen LogP contribution < -0.4 is 0 Å². The highest BCUT2D eigenvalue weighted by Crippen LogP contribution is 2.10. The van der Waals surface area contributed by atoms with Crippen molar-refractivity contribution >= 4 is 10.1 Å². The molecule has 0 aromatic rings. The fourth-order valence-electron chi connectivity index (χ4n) is 2.19. The Bertz CT molecular complexity index is 286. The Balaban J connectivity index is 3.35. The molecular formula is C16H34O3S. The second-order valence-electron chi connectivity index (χ2n) is 5.62. The highest BCUT2D eigenvalue weighted by Gasteiger charge is 2.09. The SMILES string of the molecule is CCCCCCCCCCCS(=O)(=O)OCCCCC. The minimum Gasteiger partial charge on any atom is -0.270 e. The molecule has 0 amide bonds. The maximum atomic E-state index is 11.6. The average molecular weight is 307 g/mol. The first-order valence-electron chi connectivity index (χ1n) is 8.49. The minimum atomic E-state index is -3.27. The molecule has 122 valence electrons. The Kier molecular flexibility index (Phi) is 13.8. The van der Waals surface area contributed by atoms with Crippen LogP contribution in [-0.2, 0) is 14.3 Å². The van der Waals surface area contributed by atoms with Crippen molar-refractivity contribution < 1.29 is 12.6 Å². The minimum absolute atomic E-state index is 0.189. The third-order valence-corrected chi connectivity index (χ3v) is 4.82. The molecule has 0 spiro atoms. The molecule has 0 unspecified atom stereocenters. The molecule has 3 nitrogen and oxygen atoms in total. The van der Waals surface area contributed by atoms with Crippen molar-refractivity contribution in [1.82, 2.24) is 0 Å². The number of hydrogen-bond donors (Lipinski definition) is 0. The third-order valence-electron chi connectivity index (χ3n) is 3.51. The molecule has 0 aromatic heterocycles. The van der Waals surface area contributed by atoms with Gasteiger partial charge in [-0.15, -0.1) is 0 Å². The van der Waals surface area contributed by atoms with Crippen molar-refractivity contribution in [3.8, 4) is 0 Å². The van der Waals surface area contributed by atoms with Crippen molar-refractivity contribution in [3.05, 3.63) is 0 Å². The summed E-state index contributed by atoms with van der Waals surface area (Å²) in [5.74, 6) is 0.189. The van der Waals surface area contributed by atoms with E-state index in [0.29, 0.717) is 6.61 Å². The molecule has 0 aliphatic carbocycles. The van der Waals surface area contributed by atoms with Crippen molar-refractivity contribution in [2.45, 2.75) is 90.9 Å². The lowest BCUT2D eigenvalue weighted by atomic mass is 10.1. The van der Waals surface area contributed by atoms with Gasteiger partial charge in [0, 0.05) is 0 Å². The summed E-state index contributed by atoms with van der Waals surface area (Å²) in [5.41, 5.74) is 0. The summed E-state index contributed by atoms with van der Waals surface area (Å²) >= 11 is 0. The Hall–Kier alpha value is -0.0900. The van der Waals surface area contributed by atoms with E-state index in [1.54, 1.807) is 0 Å². The van der Waals surface area contributed by atoms with E-state index in [1.807, 2.05) is 0 Å². The fraction of sp³-hybridized carbons (Fsp3) is 1.00. The third kappa shape index (κ3) is 14.3. The molecule has 20 heavy (non-hydrogen) atoms. The Labute approximate surface area is 126 Å². The van der Waals surface area contributed by atoms with Gasteiger partial charge in [-0.05, 0) is 12.8 Å². The summed E-state index contributed by atoms with van der Waals surface area (Å²) in [6.07, 6.45) is 13.7. The smallest absolute Gasteiger partial charge is 0.267 e. The van der Waals surface area contributed by atoms with Crippen LogP contribution in [0.15, 0.2) is 0 Å². The molecule has 0 bridgehead atoms. The van der Waals surface area contributed by atoms with Crippen LogP contribution in [0.1, 0.15) is 90.9 Å². The highest BCUT2D eigenvalue weighted by atomic mass is 32.2. The largest absolute Gasteiger partial charge is 0.270 e. The van der Waals surface area contributed by atoms with E-state index in [1.165, 1.54) is 38.5 Å². The molecule has 0 atom stereocenters. The number of hydrogen-bond acceptors (Lipinski definition) is 3. The predicted molar refractivity (Wildman–Crippen MR) is 86.5 cm³/mol. The highest BCUT2D eigenvalue weighted by molar-refractivity contribution is 7.86. The predicted octanol–water partition coefficient (Wildman–Crippen LogP) is 5.05. The van der Waals surface area contributed by atoms with Gasteiger partial charge >= 0.3 is 0 Å². The van der Waals surface area contributed by atoms with Gasteiger partial charge in [-0.25, -0.2) is 0 Å². The van der Waals surface area contributed by atoms with E-state index in [2.05, 4.69) is 13.8 Å². The lowest BCUT2D eigenvalue weighted by Gasteiger charge is -2.05. The molecule has 0 aliphatic heterocycles. The van der Waals surface area contributed by atoms with Crippen molar-refractivity contribution in [3.63, 3.8) is 0 Å². The molecule has 0 aromatic carbocycles. The van der Waals surface area contributed by atoms with Crippen molar-refractivity contribution in [2.75, 3.05) is 12.4 Å².